The third kappa shape index (κ3) is 3.85. The van der Waals surface area contributed by atoms with Crippen molar-refractivity contribution >= 4 is 5.91 Å². The van der Waals surface area contributed by atoms with Crippen molar-refractivity contribution in [1.82, 2.24) is 5.32 Å². The lowest BCUT2D eigenvalue weighted by Crippen LogP contribution is -2.45. The van der Waals surface area contributed by atoms with Gasteiger partial charge >= 0.3 is 0 Å². The Labute approximate surface area is 127 Å². The summed E-state index contributed by atoms with van der Waals surface area (Å²) in [7, 11) is 0. The average molecular weight is 289 g/mol. The van der Waals surface area contributed by atoms with Gasteiger partial charge in [0.15, 0.2) is 0 Å². The SMILES string of the molecule is C[C@@H]1CCCC(C)(C)[C@H]1C(=O)NCC(O)c1ccccc1. The number of hydrogen-bond acceptors (Lipinski definition) is 2. The van der Waals surface area contributed by atoms with Gasteiger partial charge in [-0.1, -0.05) is 57.5 Å². The minimum absolute atomic E-state index is 0.0363. The van der Waals surface area contributed by atoms with Crippen molar-refractivity contribution in [2.75, 3.05) is 6.54 Å². The van der Waals surface area contributed by atoms with Gasteiger partial charge in [-0.25, -0.2) is 0 Å². The van der Waals surface area contributed by atoms with Crippen molar-refractivity contribution in [3.8, 4) is 0 Å². The molecule has 2 N–H and O–H groups in total. The van der Waals surface area contributed by atoms with Crippen LogP contribution in [-0.4, -0.2) is 17.6 Å². The van der Waals surface area contributed by atoms with E-state index in [-0.39, 0.29) is 23.8 Å². The van der Waals surface area contributed by atoms with Gasteiger partial charge in [-0.3, -0.25) is 4.79 Å². The van der Waals surface area contributed by atoms with Crippen molar-refractivity contribution in [2.45, 2.75) is 46.1 Å². The second-order valence-corrected chi connectivity index (χ2v) is 7.01. The molecule has 1 aliphatic rings. The Morgan fingerprint density at radius 3 is 2.67 bits per heavy atom. The number of rotatable bonds is 4. The zero-order chi connectivity index (χ0) is 15.5. The Balaban J connectivity index is 1.95. The highest BCUT2D eigenvalue weighted by molar-refractivity contribution is 5.79. The summed E-state index contributed by atoms with van der Waals surface area (Å²) in [6.45, 7) is 6.81. The molecule has 0 spiro atoms. The van der Waals surface area contributed by atoms with Crippen LogP contribution in [0.15, 0.2) is 30.3 Å². The predicted molar refractivity (Wildman–Crippen MR) is 84.7 cm³/mol. The maximum Gasteiger partial charge on any atom is 0.224 e. The number of aliphatic hydroxyl groups excluding tert-OH is 1. The minimum Gasteiger partial charge on any atom is -0.387 e. The van der Waals surface area contributed by atoms with E-state index >= 15 is 0 Å². The summed E-state index contributed by atoms with van der Waals surface area (Å²) < 4.78 is 0. The summed E-state index contributed by atoms with van der Waals surface area (Å²) in [4.78, 5) is 12.5. The van der Waals surface area contributed by atoms with E-state index < -0.39 is 6.10 Å². The van der Waals surface area contributed by atoms with E-state index in [2.05, 4.69) is 26.1 Å². The molecule has 1 aromatic carbocycles. The molecule has 0 aliphatic heterocycles. The van der Waals surface area contributed by atoms with Crippen LogP contribution in [-0.2, 0) is 4.79 Å². The molecule has 1 aromatic rings. The molecule has 1 amide bonds. The van der Waals surface area contributed by atoms with E-state index in [4.69, 9.17) is 0 Å². The molecule has 3 atom stereocenters. The third-order valence-electron chi connectivity index (χ3n) is 4.83. The Kier molecular flexibility index (Phi) is 5.04. The van der Waals surface area contributed by atoms with Gasteiger partial charge in [0.25, 0.3) is 0 Å². The Bertz CT molecular complexity index is 469. The van der Waals surface area contributed by atoms with Gasteiger partial charge in [0, 0.05) is 12.5 Å². The molecule has 3 heteroatoms. The predicted octanol–water partition coefficient (Wildman–Crippen LogP) is 3.30. The van der Waals surface area contributed by atoms with Crippen LogP contribution >= 0.6 is 0 Å². The highest BCUT2D eigenvalue weighted by Crippen LogP contribution is 2.43. The average Bonchev–Trinajstić information content (AvgIpc) is 2.44. The quantitative estimate of drug-likeness (QED) is 0.893. The molecule has 1 unspecified atom stereocenters. The first-order valence-corrected chi connectivity index (χ1v) is 7.92. The van der Waals surface area contributed by atoms with Crippen molar-refractivity contribution in [2.24, 2.45) is 17.3 Å². The second-order valence-electron chi connectivity index (χ2n) is 7.01. The van der Waals surface area contributed by atoms with Crippen LogP contribution in [0.25, 0.3) is 0 Å². The number of carbonyl (C=O) groups is 1. The van der Waals surface area contributed by atoms with Gasteiger partial charge in [0.05, 0.1) is 6.10 Å². The summed E-state index contributed by atoms with van der Waals surface area (Å²) in [5.41, 5.74) is 0.883. The van der Waals surface area contributed by atoms with Crippen LogP contribution in [0.2, 0.25) is 0 Å². The van der Waals surface area contributed by atoms with E-state index in [9.17, 15) is 9.90 Å². The smallest absolute Gasteiger partial charge is 0.224 e. The van der Waals surface area contributed by atoms with Crippen molar-refractivity contribution in [3.05, 3.63) is 35.9 Å². The number of amides is 1. The molecule has 0 heterocycles. The maximum atomic E-state index is 12.5. The molecule has 1 aliphatic carbocycles. The lowest BCUT2D eigenvalue weighted by molar-refractivity contribution is -0.133. The molecule has 21 heavy (non-hydrogen) atoms. The summed E-state index contributed by atoms with van der Waals surface area (Å²) in [5.74, 6) is 0.527. The monoisotopic (exact) mass is 289 g/mol. The molecule has 3 nitrogen and oxygen atoms in total. The Hall–Kier alpha value is -1.35. The first kappa shape index (κ1) is 16.0. The minimum atomic E-state index is -0.642. The third-order valence-corrected chi connectivity index (χ3v) is 4.83. The Morgan fingerprint density at radius 2 is 2.05 bits per heavy atom. The summed E-state index contributed by atoms with van der Waals surface area (Å²) in [5, 5.41) is 13.1. The van der Waals surface area contributed by atoms with Crippen LogP contribution in [0.1, 0.15) is 51.7 Å². The largest absolute Gasteiger partial charge is 0.387 e. The topological polar surface area (TPSA) is 49.3 Å². The fraction of sp³-hybridized carbons (Fsp3) is 0.611. The molecule has 0 radical (unpaired) electrons. The molecular formula is C18H27NO2. The Morgan fingerprint density at radius 1 is 1.38 bits per heavy atom. The van der Waals surface area contributed by atoms with E-state index in [1.807, 2.05) is 30.3 Å². The number of nitrogens with one attached hydrogen (secondary N) is 1. The highest BCUT2D eigenvalue weighted by atomic mass is 16.3. The highest BCUT2D eigenvalue weighted by Gasteiger charge is 2.41. The molecule has 0 bridgehead atoms. The molecule has 0 saturated heterocycles. The van der Waals surface area contributed by atoms with Crippen molar-refractivity contribution in [1.29, 1.82) is 0 Å². The zero-order valence-electron chi connectivity index (χ0n) is 13.3. The van der Waals surface area contributed by atoms with E-state index in [1.165, 1.54) is 6.42 Å². The van der Waals surface area contributed by atoms with Gasteiger partial charge in [-0.2, -0.15) is 0 Å². The molecule has 0 aromatic heterocycles. The lowest BCUT2D eigenvalue weighted by atomic mass is 9.64. The molecule has 1 saturated carbocycles. The van der Waals surface area contributed by atoms with Gasteiger partial charge in [0.1, 0.15) is 0 Å². The number of carbonyl (C=O) groups excluding carboxylic acids is 1. The fourth-order valence-electron chi connectivity index (χ4n) is 3.69. The van der Waals surface area contributed by atoms with Gasteiger partial charge in [-0.05, 0) is 29.7 Å². The van der Waals surface area contributed by atoms with Gasteiger partial charge < -0.3 is 10.4 Å². The van der Waals surface area contributed by atoms with E-state index in [0.717, 1.165) is 18.4 Å². The summed E-state index contributed by atoms with van der Waals surface area (Å²) in [6.07, 6.45) is 2.77. The lowest BCUT2D eigenvalue weighted by Gasteiger charge is -2.41. The molecule has 2 rings (SSSR count). The molecule has 116 valence electrons. The standard InChI is InChI=1S/C18H27NO2/c1-13-8-7-11-18(2,3)16(13)17(21)19-12-15(20)14-9-5-4-6-10-14/h4-6,9-10,13,15-16,20H,7-8,11-12H2,1-3H3,(H,19,21)/t13-,15?,16-/m1/s1. The van der Waals surface area contributed by atoms with E-state index in [1.54, 1.807) is 0 Å². The zero-order valence-corrected chi connectivity index (χ0v) is 13.3. The van der Waals surface area contributed by atoms with Crippen LogP contribution in [0, 0.1) is 17.3 Å². The fourth-order valence-corrected chi connectivity index (χ4v) is 3.69. The summed E-state index contributed by atoms with van der Waals surface area (Å²) >= 11 is 0. The number of benzene rings is 1. The summed E-state index contributed by atoms with van der Waals surface area (Å²) in [6, 6.07) is 9.47. The first-order valence-electron chi connectivity index (χ1n) is 7.92. The number of hydrogen-bond donors (Lipinski definition) is 2. The normalized spacial score (nSPS) is 26.1. The maximum absolute atomic E-state index is 12.5. The molecular weight excluding hydrogens is 262 g/mol. The first-order chi connectivity index (χ1) is 9.92. The van der Waals surface area contributed by atoms with E-state index in [0.29, 0.717) is 5.92 Å². The van der Waals surface area contributed by atoms with Gasteiger partial charge in [-0.15, -0.1) is 0 Å². The van der Waals surface area contributed by atoms with Crippen molar-refractivity contribution in [3.63, 3.8) is 0 Å². The second kappa shape index (κ2) is 6.61. The van der Waals surface area contributed by atoms with Gasteiger partial charge in [0.2, 0.25) is 5.91 Å². The number of aliphatic hydroxyl groups is 1. The van der Waals surface area contributed by atoms with Crippen LogP contribution in [0.5, 0.6) is 0 Å². The molecule has 1 fully saturated rings. The van der Waals surface area contributed by atoms with Crippen molar-refractivity contribution < 1.29 is 9.90 Å². The van der Waals surface area contributed by atoms with Crippen LogP contribution in [0.4, 0.5) is 0 Å². The van der Waals surface area contributed by atoms with Crippen LogP contribution < -0.4 is 5.32 Å². The van der Waals surface area contributed by atoms with Crippen LogP contribution in [0.3, 0.4) is 0 Å².